The quantitative estimate of drug-likeness (QED) is 0.906. The number of aliphatic hydroxyl groups is 1. The monoisotopic (exact) mass is 250 g/mol. The van der Waals surface area contributed by atoms with E-state index in [1.807, 2.05) is 36.0 Å². The first-order valence-corrected chi connectivity index (χ1v) is 6.84. The fourth-order valence-electron chi connectivity index (χ4n) is 1.93. The van der Waals surface area contributed by atoms with E-state index in [1.165, 1.54) is 0 Å². The molecule has 2 rings (SSSR count). The smallest absolute Gasteiger partial charge is 0.130 e. The van der Waals surface area contributed by atoms with E-state index in [0.717, 1.165) is 34.8 Å². The van der Waals surface area contributed by atoms with E-state index >= 15 is 0 Å². The van der Waals surface area contributed by atoms with Gasteiger partial charge in [-0.2, -0.15) is 5.10 Å². The molecule has 3 nitrogen and oxygen atoms in total. The van der Waals surface area contributed by atoms with E-state index in [4.69, 9.17) is 0 Å². The second-order valence-corrected chi connectivity index (χ2v) is 5.05. The Morgan fingerprint density at radius 1 is 1.47 bits per heavy atom. The van der Waals surface area contributed by atoms with Gasteiger partial charge in [0.25, 0.3) is 0 Å². The van der Waals surface area contributed by atoms with Gasteiger partial charge in [-0.3, -0.25) is 4.68 Å². The Bertz CT molecular complexity index is 501. The number of aliphatic hydroxyl groups excluding tert-OH is 1. The van der Waals surface area contributed by atoms with Crippen molar-refractivity contribution >= 4 is 11.3 Å². The molecule has 0 aliphatic heterocycles. The van der Waals surface area contributed by atoms with Gasteiger partial charge in [-0.25, -0.2) is 0 Å². The van der Waals surface area contributed by atoms with Crippen molar-refractivity contribution < 1.29 is 5.11 Å². The molecule has 0 aliphatic carbocycles. The molecule has 0 amide bonds. The van der Waals surface area contributed by atoms with E-state index < -0.39 is 6.10 Å². The number of aryl methyl sites for hydroxylation is 3. The molecule has 0 fully saturated rings. The fraction of sp³-hybridized carbons (Fsp3) is 0.462. The highest BCUT2D eigenvalue weighted by Gasteiger charge is 2.19. The van der Waals surface area contributed by atoms with Crippen LogP contribution in [0.2, 0.25) is 0 Å². The SMILES string of the molecule is CCc1cc(C(O)c2sccc2C)n(CC)n1. The predicted molar refractivity (Wildman–Crippen MR) is 70.4 cm³/mol. The summed E-state index contributed by atoms with van der Waals surface area (Å²) in [6, 6.07) is 4.05. The average Bonchev–Trinajstić information content (AvgIpc) is 2.93. The molecule has 0 radical (unpaired) electrons. The Labute approximate surface area is 106 Å². The molecule has 92 valence electrons. The van der Waals surface area contributed by atoms with Crippen LogP contribution in [0.25, 0.3) is 0 Å². The molecule has 1 N–H and O–H groups in total. The zero-order chi connectivity index (χ0) is 12.4. The van der Waals surface area contributed by atoms with Crippen LogP contribution in [0.3, 0.4) is 0 Å². The van der Waals surface area contributed by atoms with Gasteiger partial charge in [0.2, 0.25) is 0 Å². The first kappa shape index (κ1) is 12.3. The van der Waals surface area contributed by atoms with Crippen LogP contribution in [-0.2, 0) is 13.0 Å². The molecule has 2 aromatic heterocycles. The lowest BCUT2D eigenvalue weighted by molar-refractivity contribution is 0.211. The van der Waals surface area contributed by atoms with Gasteiger partial charge in [-0.1, -0.05) is 6.92 Å². The van der Waals surface area contributed by atoms with Crippen LogP contribution in [0.1, 0.15) is 41.8 Å². The summed E-state index contributed by atoms with van der Waals surface area (Å²) in [7, 11) is 0. The van der Waals surface area contributed by atoms with Gasteiger partial charge in [0.05, 0.1) is 11.4 Å². The summed E-state index contributed by atoms with van der Waals surface area (Å²) in [6.07, 6.45) is 0.346. The van der Waals surface area contributed by atoms with Gasteiger partial charge in [0.15, 0.2) is 0 Å². The molecular formula is C13H18N2OS. The van der Waals surface area contributed by atoms with E-state index in [0.29, 0.717) is 0 Å². The Kier molecular flexibility index (Phi) is 3.64. The van der Waals surface area contributed by atoms with E-state index in [9.17, 15) is 5.11 Å². The second kappa shape index (κ2) is 5.02. The largest absolute Gasteiger partial charge is 0.381 e. The van der Waals surface area contributed by atoms with E-state index in [-0.39, 0.29) is 0 Å². The fourth-order valence-corrected chi connectivity index (χ4v) is 2.85. The van der Waals surface area contributed by atoms with Crippen LogP contribution in [-0.4, -0.2) is 14.9 Å². The third kappa shape index (κ3) is 2.28. The standard InChI is InChI=1S/C13H18N2OS/c1-4-10-8-11(15(5-2)14-10)12(16)13-9(3)6-7-17-13/h6-8,12,16H,4-5H2,1-3H3. The third-order valence-electron chi connectivity index (χ3n) is 2.95. The minimum Gasteiger partial charge on any atom is -0.381 e. The maximum absolute atomic E-state index is 10.4. The summed E-state index contributed by atoms with van der Waals surface area (Å²) in [5.41, 5.74) is 3.08. The first-order chi connectivity index (χ1) is 8.17. The van der Waals surface area contributed by atoms with Crippen molar-refractivity contribution in [1.82, 2.24) is 9.78 Å². The molecule has 1 atom stereocenters. The highest BCUT2D eigenvalue weighted by Crippen LogP contribution is 2.29. The number of nitrogens with zero attached hydrogens (tertiary/aromatic N) is 2. The molecule has 0 saturated heterocycles. The number of rotatable bonds is 4. The number of aromatic nitrogens is 2. The van der Waals surface area contributed by atoms with Crippen molar-refractivity contribution in [1.29, 1.82) is 0 Å². The summed E-state index contributed by atoms with van der Waals surface area (Å²) < 4.78 is 1.89. The molecule has 2 aromatic rings. The summed E-state index contributed by atoms with van der Waals surface area (Å²) in [6.45, 7) is 6.94. The third-order valence-corrected chi connectivity index (χ3v) is 4.03. The van der Waals surface area contributed by atoms with Gasteiger partial charge >= 0.3 is 0 Å². The maximum atomic E-state index is 10.4. The number of thiophene rings is 1. The van der Waals surface area contributed by atoms with Crippen LogP contribution in [0.4, 0.5) is 0 Å². The highest BCUT2D eigenvalue weighted by atomic mass is 32.1. The second-order valence-electron chi connectivity index (χ2n) is 4.10. The molecule has 17 heavy (non-hydrogen) atoms. The summed E-state index contributed by atoms with van der Waals surface area (Å²) in [5.74, 6) is 0. The van der Waals surface area contributed by atoms with Gasteiger partial charge in [0.1, 0.15) is 6.10 Å². The van der Waals surface area contributed by atoms with Gasteiger partial charge in [-0.15, -0.1) is 11.3 Å². The van der Waals surface area contributed by atoms with Crippen molar-refractivity contribution in [3.05, 3.63) is 39.3 Å². The molecule has 2 heterocycles. The summed E-state index contributed by atoms with van der Waals surface area (Å²) in [5, 5.41) is 16.9. The van der Waals surface area contributed by atoms with Crippen LogP contribution in [0.15, 0.2) is 17.5 Å². The van der Waals surface area contributed by atoms with Crippen molar-refractivity contribution in [3.8, 4) is 0 Å². The zero-order valence-corrected chi connectivity index (χ0v) is 11.3. The van der Waals surface area contributed by atoms with Crippen LogP contribution in [0, 0.1) is 6.92 Å². The Morgan fingerprint density at radius 2 is 2.24 bits per heavy atom. The molecule has 0 bridgehead atoms. The van der Waals surface area contributed by atoms with Gasteiger partial charge in [0, 0.05) is 11.4 Å². The normalized spacial score (nSPS) is 12.9. The molecule has 4 heteroatoms. The summed E-state index contributed by atoms with van der Waals surface area (Å²) >= 11 is 1.60. The van der Waals surface area contributed by atoms with Crippen molar-refractivity contribution in [3.63, 3.8) is 0 Å². The van der Waals surface area contributed by atoms with Crippen molar-refractivity contribution in [2.45, 2.75) is 39.8 Å². The molecule has 0 spiro atoms. The van der Waals surface area contributed by atoms with Crippen molar-refractivity contribution in [2.75, 3.05) is 0 Å². The highest BCUT2D eigenvalue weighted by molar-refractivity contribution is 7.10. The molecular weight excluding hydrogens is 232 g/mol. The minimum atomic E-state index is -0.553. The lowest BCUT2D eigenvalue weighted by atomic mass is 10.1. The van der Waals surface area contributed by atoms with Crippen LogP contribution >= 0.6 is 11.3 Å². The summed E-state index contributed by atoms with van der Waals surface area (Å²) in [4.78, 5) is 1.02. The van der Waals surface area contributed by atoms with E-state index in [1.54, 1.807) is 11.3 Å². The first-order valence-electron chi connectivity index (χ1n) is 5.96. The van der Waals surface area contributed by atoms with Crippen LogP contribution in [0.5, 0.6) is 0 Å². The van der Waals surface area contributed by atoms with Gasteiger partial charge < -0.3 is 5.11 Å². The molecule has 1 unspecified atom stereocenters. The maximum Gasteiger partial charge on any atom is 0.130 e. The molecule has 0 saturated carbocycles. The molecule has 0 aromatic carbocycles. The minimum absolute atomic E-state index is 0.553. The van der Waals surface area contributed by atoms with Crippen LogP contribution < -0.4 is 0 Å². The number of hydrogen-bond acceptors (Lipinski definition) is 3. The predicted octanol–water partition coefficient (Wildman–Crippen LogP) is 2.92. The molecule has 0 aliphatic rings. The Morgan fingerprint density at radius 3 is 2.76 bits per heavy atom. The van der Waals surface area contributed by atoms with Gasteiger partial charge in [-0.05, 0) is 43.3 Å². The van der Waals surface area contributed by atoms with Crippen molar-refractivity contribution in [2.24, 2.45) is 0 Å². The Balaban J connectivity index is 2.39. The topological polar surface area (TPSA) is 38.0 Å². The zero-order valence-electron chi connectivity index (χ0n) is 10.5. The average molecular weight is 250 g/mol. The van der Waals surface area contributed by atoms with E-state index in [2.05, 4.69) is 12.0 Å². The lowest BCUT2D eigenvalue weighted by Crippen LogP contribution is -2.08. The number of hydrogen-bond donors (Lipinski definition) is 1. The Hall–Kier alpha value is -1.13. The lowest BCUT2D eigenvalue weighted by Gasteiger charge is -2.11.